The molecule has 0 aromatic heterocycles. The van der Waals surface area contributed by atoms with Gasteiger partial charge in [-0.1, -0.05) is 24.3 Å². The van der Waals surface area contributed by atoms with Gasteiger partial charge in [0.15, 0.2) is 0 Å². The molecule has 0 radical (unpaired) electrons. The number of alkyl halides is 3. The van der Waals surface area contributed by atoms with Crippen LogP contribution in [0.3, 0.4) is 0 Å². The van der Waals surface area contributed by atoms with Crippen molar-refractivity contribution in [3.05, 3.63) is 59.7 Å². The van der Waals surface area contributed by atoms with Gasteiger partial charge in [0.1, 0.15) is 5.75 Å². The number of carbonyl (C=O) groups is 2. The van der Waals surface area contributed by atoms with E-state index in [0.717, 1.165) is 12.1 Å². The lowest BCUT2D eigenvalue weighted by Gasteiger charge is -2.21. The third-order valence-corrected chi connectivity index (χ3v) is 5.18. The van der Waals surface area contributed by atoms with Gasteiger partial charge >= 0.3 is 6.18 Å². The minimum absolute atomic E-state index is 0.108. The van der Waals surface area contributed by atoms with Gasteiger partial charge in [-0.3, -0.25) is 9.59 Å². The number of halogens is 3. The molecule has 1 aliphatic rings. The number of ether oxygens (including phenoxy) is 1. The summed E-state index contributed by atoms with van der Waals surface area (Å²) in [7, 11) is 1.50. The van der Waals surface area contributed by atoms with Crippen LogP contribution in [-0.2, 0) is 15.8 Å². The largest absolute Gasteiger partial charge is 0.495 e. The summed E-state index contributed by atoms with van der Waals surface area (Å²) in [4.78, 5) is 26.7. The molecule has 2 unspecified atom stereocenters. The molecule has 2 aromatic carbocycles. The first-order valence-corrected chi connectivity index (χ1v) is 9.63. The number of likely N-dealkylation sites (N-methyl/N-ethyl adjacent to an activating group) is 1. The Hall–Kier alpha value is -3.03. The minimum atomic E-state index is -4.38. The van der Waals surface area contributed by atoms with Crippen LogP contribution in [0.15, 0.2) is 48.5 Å². The number of para-hydroxylation sites is 2. The lowest BCUT2D eigenvalue weighted by Crippen LogP contribution is -2.39. The second-order valence-corrected chi connectivity index (χ2v) is 7.17. The molecular weight excluding hydrogens is 397 g/mol. The Kier molecular flexibility index (Phi) is 6.34. The van der Waals surface area contributed by atoms with E-state index >= 15 is 0 Å². The Bertz CT molecular complexity index is 913. The van der Waals surface area contributed by atoms with Crippen LogP contribution in [0.1, 0.15) is 30.4 Å². The molecule has 1 aliphatic carbocycles. The highest BCUT2D eigenvalue weighted by Gasteiger charge is 2.46. The van der Waals surface area contributed by atoms with Crippen molar-refractivity contribution in [1.29, 1.82) is 0 Å². The van der Waals surface area contributed by atoms with Gasteiger partial charge in [-0.05, 0) is 49.1 Å². The van der Waals surface area contributed by atoms with Gasteiger partial charge in [0, 0.05) is 12.5 Å². The molecule has 1 fully saturated rings. The van der Waals surface area contributed by atoms with E-state index in [2.05, 4.69) is 5.32 Å². The summed E-state index contributed by atoms with van der Waals surface area (Å²) in [5, 5.41) is 2.74. The van der Waals surface area contributed by atoms with Crippen LogP contribution in [0.4, 0.5) is 18.9 Å². The van der Waals surface area contributed by atoms with E-state index in [4.69, 9.17) is 4.74 Å². The molecular formula is C22H23F3N2O3. The Labute approximate surface area is 172 Å². The van der Waals surface area contributed by atoms with Crippen LogP contribution < -0.4 is 10.1 Å². The third kappa shape index (κ3) is 4.93. The van der Waals surface area contributed by atoms with E-state index in [1.165, 1.54) is 24.1 Å². The maximum Gasteiger partial charge on any atom is 0.416 e. The van der Waals surface area contributed by atoms with Crippen molar-refractivity contribution in [3.63, 3.8) is 0 Å². The lowest BCUT2D eigenvalue weighted by molar-refractivity contribution is -0.137. The van der Waals surface area contributed by atoms with Gasteiger partial charge in [-0.2, -0.15) is 13.2 Å². The molecule has 30 heavy (non-hydrogen) atoms. The maximum atomic E-state index is 12.8. The first kappa shape index (κ1) is 21.7. The predicted molar refractivity (Wildman–Crippen MR) is 106 cm³/mol. The zero-order valence-electron chi connectivity index (χ0n) is 16.7. The Balaban J connectivity index is 1.59. The lowest BCUT2D eigenvalue weighted by atomic mass is 10.1. The van der Waals surface area contributed by atoms with Gasteiger partial charge < -0.3 is 15.0 Å². The summed E-state index contributed by atoms with van der Waals surface area (Å²) in [6, 6.07) is 11.9. The first-order chi connectivity index (χ1) is 14.2. The number of carbonyl (C=O) groups excluding carboxylic acids is 2. The molecule has 2 atom stereocenters. The van der Waals surface area contributed by atoms with Crippen molar-refractivity contribution in [1.82, 2.24) is 4.90 Å². The number of nitrogens with one attached hydrogen (secondary N) is 1. The average Bonchev–Trinajstić information content (AvgIpc) is 3.52. The van der Waals surface area contributed by atoms with E-state index in [1.807, 2.05) is 0 Å². The van der Waals surface area contributed by atoms with Crippen LogP contribution in [0.2, 0.25) is 0 Å². The Morgan fingerprint density at radius 2 is 1.80 bits per heavy atom. The van der Waals surface area contributed by atoms with Gasteiger partial charge in [-0.15, -0.1) is 0 Å². The molecule has 2 aromatic rings. The number of methoxy groups -OCH3 is 1. The van der Waals surface area contributed by atoms with Crippen LogP contribution >= 0.6 is 0 Å². The zero-order chi connectivity index (χ0) is 21.9. The van der Waals surface area contributed by atoms with E-state index < -0.39 is 11.7 Å². The second-order valence-electron chi connectivity index (χ2n) is 7.17. The molecule has 0 heterocycles. The first-order valence-electron chi connectivity index (χ1n) is 9.63. The minimum Gasteiger partial charge on any atom is -0.495 e. The van der Waals surface area contributed by atoms with Crippen LogP contribution in [0.5, 0.6) is 5.75 Å². The van der Waals surface area contributed by atoms with Gasteiger partial charge in [-0.25, -0.2) is 0 Å². The van der Waals surface area contributed by atoms with Crippen molar-refractivity contribution in [2.75, 3.05) is 25.5 Å². The summed E-state index contributed by atoms with van der Waals surface area (Å²) in [5.41, 5.74) is 0.511. The van der Waals surface area contributed by atoms with Crippen molar-refractivity contribution >= 4 is 17.5 Å². The number of benzene rings is 2. The molecule has 1 saturated carbocycles. The molecule has 3 rings (SSSR count). The summed E-state index contributed by atoms with van der Waals surface area (Å²) >= 11 is 0. The van der Waals surface area contributed by atoms with E-state index in [9.17, 15) is 22.8 Å². The molecule has 0 spiro atoms. The number of anilines is 1. The summed E-state index contributed by atoms with van der Waals surface area (Å²) in [6.07, 6.45) is -3.82. The highest BCUT2D eigenvalue weighted by atomic mass is 19.4. The fraction of sp³-hybridized carbons (Fsp3) is 0.364. The monoisotopic (exact) mass is 420 g/mol. The smallest absolute Gasteiger partial charge is 0.416 e. The average molecular weight is 420 g/mol. The molecule has 0 aliphatic heterocycles. The maximum absolute atomic E-state index is 12.8. The number of amides is 2. The molecule has 2 amide bonds. The van der Waals surface area contributed by atoms with Crippen LogP contribution in [0, 0.1) is 5.92 Å². The van der Waals surface area contributed by atoms with E-state index in [-0.39, 0.29) is 30.2 Å². The SMILES string of the molecule is CCN(CC(=O)Nc1ccccc1OC)C(=O)C1CC1c1ccc(C(F)(F)F)cc1. The highest BCUT2D eigenvalue weighted by Crippen LogP contribution is 2.48. The zero-order valence-corrected chi connectivity index (χ0v) is 16.7. The molecule has 8 heteroatoms. The van der Waals surface area contributed by atoms with Gasteiger partial charge in [0.2, 0.25) is 11.8 Å². The molecule has 0 saturated heterocycles. The fourth-order valence-electron chi connectivity index (χ4n) is 3.45. The molecule has 1 N–H and O–H groups in total. The topological polar surface area (TPSA) is 58.6 Å². The van der Waals surface area contributed by atoms with Crippen LogP contribution in [0.25, 0.3) is 0 Å². The summed E-state index contributed by atoms with van der Waals surface area (Å²) in [6.45, 7) is 2.03. The van der Waals surface area contributed by atoms with Crippen LogP contribution in [-0.4, -0.2) is 36.9 Å². The number of hydrogen-bond donors (Lipinski definition) is 1. The number of rotatable bonds is 7. The fourth-order valence-corrected chi connectivity index (χ4v) is 3.45. The highest BCUT2D eigenvalue weighted by molar-refractivity contribution is 5.96. The summed E-state index contributed by atoms with van der Waals surface area (Å²) in [5.74, 6) is -0.435. The number of hydrogen-bond acceptors (Lipinski definition) is 3. The van der Waals surface area contributed by atoms with Crippen molar-refractivity contribution in [2.45, 2.75) is 25.4 Å². The van der Waals surface area contributed by atoms with Gasteiger partial charge in [0.25, 0.3) is 0 Å². The van der Waals surface area contributed by atoms with Gasteiger partial charge in [0.05, 0.1) is 24.9 Å². The predicted octanol–water partition coefficient (Wildman–Crippen LogP) is 4.30. The quantitative estimate of drug-likeness (QED) is 0.727. The van der Waals surface area contributed by atoms with E-state index in [0.29, 0.717) is 30.0 Å². The molecule has 5 nitrogen and oxygen atoms in total. The number of nitrogens with zero attached hydrogens (tertiary/aromatic N) is 1. The molecule has 160 valence electrons. The Morgan fingerprint density at radius 3 is 2.40 bits per heavy atom. The van der Waals surface area contributed by atoms with Crippen molar-refractivity contribution in [2.24, 2.45) is 5.92 Å². The van der Waals surface area contributed by atoms with E-state index in [1.54, 1.807) is 31.2 Å². The summed E-state index contributed by atoms with van der Waals surface area (Å²) < 4.78 is 43.3. The Morgan fingerprint density at radius 1 is 1.13 bits per heavy atom. The van der Waals surface area contributed by atoms with Crippen molar-refractivity contribution in [3.8, 4) is 5.75 Å². The normalized spacial score (nSPS) is 17.9. The van der Waals surface area contributed by atoms with Crippen molar-refractivity contribution < 1.29 is 27.5 Å². The third-order valence-electron chi connectivity index (χ3n) is 5.18. The standard InChI is InChI=1S/C22H23F3N2O3/c1-3-27(13-20(28)26-18-6-4-5-7-19(18)30-2)21(29)17-12-16(17)14-8-10-15(11-9-14)22(23,24)25/h4-11,16-17H,3,12-13H2,1-2H3,(H,26,28). The molecule has 0 bridgehead atoms. The second kappa shape index (κ2) is 8.77.